The SMILES string of the molecule is CCc1onc(C)c1CS(=O)(=O)Cc1ccsc1Cl. The molecule has 0 amide bonds. The summed E-state index contributed by atoms with van der Waals surface area (Å²) in [6, 6.07) is 1.74. The second-order valence-corrected chi connectivity index (χ2v) is 7.86. The van der Waals surface area contributed by atoms with E-state index in [-0.39, 0.29) is 11.5 Å². The molecule has 0 aliphatic heterocycles. The predicted molar refractivity (Wildman–Crippen MR) is 76.3 cm³/mol. The van der Waals surface area contributed by atoms with Gasteiger partial charge in [0.15, 0.2) is 9.84 Å². The van der Waals surface area contributed by atoms with Crippen LogP contribution in [0.4, 0.5) is 0 Å². The van der Waals surface area contributed by atoms with E-state index in [4.69, 9.17) is 16.1 Å². The molecule has 0 aromatic carbocycles. The number of hydrogen-bond acceptors (Lipinski definition) is 5. The molecule has 2 aromatic heterocycles. The van der Waals surface area contributed by atoms with Gasteiger partial charge in [0.1, 0.15) is 5.76 Å². The van der Waals surface area contributed by atoms with E-state index in [2.05, 4.69) is 5.16 Å². The highest BCUT2D eigenvalue weighted by Crippen LogP contribution is 2.26. The Hall–Kier alpha value is -0.850. The zero-order chi connectivity index (χ0) is 14.0. The quantitative estimate of drug-likeness (QED) is 0.847. The topological polar surface area (TPSA) is 60.2 Å². The molecule has 2 heterocycles. The first-order valence-electron chi connectivity index (χ1n) is 5.79. The molecular weight excluding hydrogens is 306 g/mol. The van der Waals surface area contributed by atoms with E-state index in [1.165, 1.54) is 11.3 Å². The van der Waals surface area contributed by atoms with Crippen LogP contribution in [0.1, 0.15) is 29.5 Å². The van der Waals surface area contributed by atoms with E-state index in [1.807, 2.05) is 6.92 Å². The van der Waals surface area contributed by atoms with Gasteiger partial charge in [0, 0.05) is 12.0 Å². The van der Waals surface area contributed by atoms with Crippen molar-refractivity contribution in [3.8, 4) is 0 Å². The van der Waals surface area contributed by atoms with Crippen molar-refractivity contribution in [3.05, 3.63) is 38.4 Å². The summed E-state index contributed by atoms with van der Waals surface area (Å²) in [5.41, 5.74) is 1.96. The summed E-state index contributed by atoms with van der Waals surface area (Å²) in [4.78, 5) is 0. The molecule has 0 spiro atoms. The smallest absolute Gasteiger partial charge is 0.158 e. The Morgan fingerprint density at radius 2 is 2.16 bits per heavy atom. The van der Waals surface area contributed by atoms with Gasteiger partial charge in [-0.3, -0.25) is 0 Å². The highest BCUT2D eigenvalue weighted by molar-refractivity contribution is 7.89. The van der Waals surface area contributed by atoms with E-state index in [0.717, 1.165) is 0 Å². The average molecular weight is 320 g/mol. The monoisotopic (exact) mass is 319 g/mol. The summed E-state index contributed by atoms with van der Waals surface area (Å²) in [7, 11) is -3.28. The van der Waals surface area contributed by atoms with Gasteiger partial charge in [-0.05, 0) is 23.9 Å². The Morgan fingerprint density at radius 1 is 1.42 bits per heavy atom. The van der Waals surface area contributed by atoms with Crippen molar-refractivity contribution in [2.45, 2.75) is 31.8 Å². The van der Waals surface area contributed by atoms with E-state index < -0.39 is 9.84 Å². The summed E-state index contributed by atoms with van der Waals surface area (Å²) in [6.07, 6.45) is 0.630. The number of halogens is 1. The Bertz CT molecular complexity index is 673. The Morgan fingerprint density at radius 3 is 2.74 bits per heavy atom. The fraction of sp³-hybridized carbons (Fsp3) is 0.417. The minimum Gasteiger partial charge on any atom is -0.361 e. The van der Waals surface area contributed by atoms with E-state index in [1.54, 1.807) is 18.4 Å². The molecule has 0 aliphatic rings. The van der Waals surface area contributed by atoms with Crippen molar-refractivity contribution in [3.63, 3.8) is 0 Å². The van der Waals surface area contributed by atoms with Crippen molar-refractivity contribution in [1.29, 1.82) is 0 Å². The van der Waals surface area contributed by atoms with Gasteiger partial charge in [-0.25, -0.2) is 8.42 Å². The largest absolute Gasteiger partial charge is 0.361 e. The van der Waals surface area contributed by atoms with Crippen molar-refractivity contribution in [1.82, 2.24) is 5.16 Å². The van der Waals surface area contributed by atoms with E-state index in [0.29, 0.717) is 33.3 Å². The number of nitrogens with zero attached hydrogens (tertiary/aromatic N) is 1. The summed E-state index contributed by atoms with van der Waals surface area (Å²) in [6.45, 7) is 3.66. The Balaban J connectivity index is 2.22. The highest BCUT2D eigenvalue weighted by atomic mass is 35.5. The van der Waals surface area contributed by atoms with Gasteiger partial charge in [0.25, 0.3) is 0 Å². The lowest BCUT2D eigenvalue weighted by Gasteiger charge is -2.04. The first-order chi connectivity index (χ1) is 8.93. The fourth-order valence-corrected chi connectivity index (χ4v) is 4.55. The van der Waals surface area contributed by atoms with Gasteiger partial charge in [0.2, 0.25) is 0 Å². The maximum absolute atomic E-state index is 12.2. The first-order valence-corrected chi connectivity index (χ1v) is 8.87. The predicted octanol–water partition coefficient (Wildman–Crippen LogP) is 3.38. The minimum absolute atomic E-state index is 0.0525. The fourth-order valence-electron chi connectivity index (χ4n) is 1.83. The number of sulfone groups is 1. The third-order valence-electron chi connectivity index (χ3n) is 2.82. The zero-order valence-electron chi connectivity index (χ0n) is 10.6. The van der Waals surface area contributed by atoms with Crippen LogP contribution in [-0.4, -0.2) is 13.6 Å². The molecule has 0 N–H and O–H groups in total. The number of aromatic nitrogens is 1. The molecule has 2 aromatic rings. The third kappa shape index (κ3) is 3.38. The second-order valence-electron chi connectivity index (χ2n) is 4.28. The Kier molecular flexibility index (Phi) is 4.32. The van der Waals surface area contributed by atoms with Crippen molar-refractivity contribution in [2.24, 2.45) is 0 Å². The maximum Gasteiger partial charge on any atom is 0.158 e. The van der Waals surface area contributed by atoms with Crippen LogP contribution in [0.15, 0.2) is 16.0 Å². The molecule has 0 bridgehead atoms. The molecule has 0 aliphatic carbocycles. The minimum atomic E-state index is -3.28. The maximum atomic E-state index is 12.2. The summed E-state index contributed by atoms with van der Waals surface area (Å²) < 4.78 is 30.1. The molecule has 0 fully saturated rings. The molecule has 2 rings (SSSR count). The summed E-state index contributed by atoms with van der Waals surface area (Å²) in [5, 5.41) is 5.61. The molecule has 0 atom stereocenters. The molecule has 0 radical (unpaired) electrons. The van der Waals surface area contributed by atoms with E-state index in [9.17, 15) is 8.42 Å². The molecular formula is C12H14ClNO3S2. The molecule has 4 nitrogen and oxygen atoms in total. The lowest BCUT2D eigenvalue weighted by molar-refractivity contribution is 0.382. The average Bonchev–Trinajstić information content (AvgIpc) is 2.87. The van der Waals surface area contributed by atoms with Crippen LogP contribution >= 0.6 is 22.9 Å². The van der Waals surface area contributed by atoms with Gasteiger partial charge in [-0.1, -0.05) is 23.7 Å². The van der Waals surface area contributed by atoms with Crippen LogP contribution in [0.3, 0.4) is 0 Å². The zero-order valence-corrected chi connectivity index (χ0v) is 13.0. The van der Waals surface area contributed by atoms with Gasteiger partial charge in [-0.2, -0.15) is 0 Å². The van der Waals surface area contributed by atoms with Crippen LogP contribution in [-0.2, 0) is 27.8 Å². The first kappa shape index (κ1) is 14.6. The van der Waals surface area contributed by atoms with E-state index >= 15 is 0 Å². The number of rotatable bonds is 5. The second kappa shape index (κ2) is 5.64. The van der Waals surface area contributed by atoms with Crippen LogP contribution in [0, 0.1) is 6.92 Å². The van der Waals surface area contributed by atoms with Crippen molar-refractivity contribution in [2.75, 3.05) is 0 Å². The van der Waals surface area contributed by atoms with Gasteiger partial charge < -0.3 is 4.52 Å². The summed E-state index contributed by atoms with van der Waals surface area (Å²) in [5.74, 6) is 0.526. The summed E-state index contributed by atoms with van der Waals surface area (Å²) >= 11 is 7.27. The standard InChI is InChI=1S/C12H14ClNO3S2/c1-3-11-10(8(2)14-17-11)7-19(15,16)6-9-4-5-18-12(9)13/h4-5H,3,6-7H2,1-2H3. The van der Waals surface area contributed by atoms with Gasteiger partial charge in [-0.15, -0.1) is 11.3 Å². The third-order valence-corrected chi connectivity index (χ3v) is 5.55. The highest BCUT2D eigenvalue weighted by Gasteiger charge is 2.21. The molecule has 0 saturated heterocycles. The van der Waals surface area contributed by atoms with Crippen LogP contribution < -0.4 is 0 Å². The van der Waals surface area contributed by atoms with Crippen LogP contribution in [0.2, 0.25) is 4.34 Å². The van der Waals surface area contributed by atoms with Gasteiger partial charge >= 0.3 is 0 Å². The molecule has 104 valence electrons. The van der Waals surface area contributed by atoms with Crippen molar-refractivity contribution >= 4 is 32.8 Å². The molecule has 0 unspecified atom stereocenters. The molecule has 19 heavy (non-hydrogen) atoms. The molecule has 7 heteroatoms. The molecule has 0 saturated carbocycles. The van der Waals surface area contributed by atoms with Crippen LogP contribution in [0.25, 0.3) is 0 Å². The van der Waals surface area contributed by atoms with Crippen molar-refractivity contribution < 1.29 is 12.9 Å². The number of thiophene rings is 1. The lowest BCUT2D eigenvalue weighted by atomic mass is 10.2. The normalized spacial score (nSPS) is 11.9. The van der Waals surface area contributed by atoms with Crippen LogP contribution in [0.5, 0.6) is 0 Å². The van der Waals surface area contributed by atoms with Gasteiger partial charge in [0.05, 0.1) is 21.5 Å². The number of hydrogen-bond donors (Lipinski definition) is 0. The Labute approximate surface area is 121 Å². The lowest BCUT2D eigenvalue weighted by Crippen LogP contribution is -2.09. The number of aryl methyl sites for hydroxylation is 2.